The molecular weight excluding hydrogens is 715 g/mol. The zero-order valence-corrected chi connectivity index (χ0v) is 32.5. The Bertz CT molecular complexity index is 2800. The van der Waals surface area contributed by atoms with Crippen LogP contribution in [-0.2, 0) is 0 Å². The molecule has 0 aliphatic carbocycles. The first-order valence-electron chi connectivity index (χ1n) is 20.1. The van der Waals surface area contributed by atoms with Crippen molar-refractivity contribution in [2.75, 3.05) is 14.7 Å². The fraction of sp³-hybridized carbons (Fsp3) is 0. The lowest BCUT2D eigenvalue weighted by molar-refractivity contribution is 1.25. The van der Waals surface area contributed by atoms with E-state index >= 15 is 0 Å². The Morgan fingerprint density at radius 3 is 0.814 bits per heavy atom. The highest BCUT2D eigenvalue weighted by atomic mass is 15.2. The average Bonchev–Trinajstić information content (AvgIpc) is 3.31. The average molecular weight is 756 g/mol. The topological polar surface area (TPSA) is 9.72 Å². The second-order valence-corrected chi connectivity index (χ2v) is 14.7. The van der Waals surface area contributed by atoms with Crippen molar-refractivity contribution < 1.29 is 0 Å². The summed E-state index contributed by atoms with van der Waals surface area (Å²) in [5.74, 6) is 0. The van der Waals surface area contributed by atoms with Crippen LogP contribution in [0.2, 0.25) is 0 Å². The highest BCUT2D eigenvalue weighted by molar-refractivity contribution is 5.91. The molecule has 0 saturated carbocycles. The van der Waals surface area contributed by atoms with E-state index in [4.69, 9.17) is 0 Å². The van der Waals surface area contributed by atoms with E-state index in [1.807, 2.05) is 0 Å². The Balaban J connectivity index is 1.05. The monoisotopic (exact) mass is 755 g/mol. The molecule has 0 spiro atoms. The second kappa shape index (κ2) is 15.9. The number of anilines is 9. The van der Waals surface area contributed by atoms with Gasteiger partial charge in [-0.15, -0.1) is 0 Å². The number of para-hydroxylation sites is 2. The van der Waals surface area contributed by atoms with Crippen molar-refractivity contribution in [2.24, 2.45) is 0 Å². The molecule has 0 amide bonds. The van der Waals surface area contributed by atoms with E-state index in [9.17, 15) is 0 Å². The third-order valence-corrected chi connectivity index (χ3v) is 11.0. The molecule has 0 bridgehead atoms. The fourth-order valence-corrected chi connectivity index (χ4v) is 8.06. The molecule has 0 N–H and O–H groups in total. The standard InChI is InChI=1S/C56H41N3/c1-4-14-42(15-5-1)45-24-28-50(29-25-45)57(51-32-36-53(37-33-51)58(48-20-6-2-7-21-48)55-30-26-43-16-10-12-18-46(43)40-55)52-34-38-54(39-35-52)59(49-22-8-3-9-23-49)56-31-27-44-17-11-13-19-47(44)41-56/h1-41H. The number of hydrogen-bond acceptors (Lipinski definition) is 3. The van der Waals surface area contributed by atoms with Crippen LogP contribution in [0.5, 0.6) is 0 Å². The minimum Gasteiger partial charge on any atom is -0.311 e. The van der Waals surface area contributed by atoms with Crippen LogP contribution >= 0.6 is 0 Å². The highest BCUT2D eigenvalue weighted by Crippen LogP contribution is 2.42. The molecule has 3 nitrogen and oxygen atoms in total. The first-order valence-corrected chi connectivity index (χ1v) is 20.1. The lowest BCUT2D eigenvalue weighted by atomic mass is 10.0. The van der Waals surface area contributed by atoms with Gasteiger partial charge in [-0.2, -0.15) is 0 Å². The van der Waals surface area contributed by atoms with E-state index in [1.54, 1.807) is 0 Å². The molecule has 0 aliphatic heterocycles. The van der Waals surface area contributed by atoms with Gasteiger partial charge < -0.3 is 14.7 Å². The zero-order chi connectivity index (χ0) is 39.4. The normalized spacial score (nSPS) is 11.1. The minimum absolute atomic E-state index is 1.06. The summed E-state index contributed by atoms with van der Waals surface area (Å²) in [6, 6.07) is 88.9. The maximum atomic E-state index is 2.34. The highest BCUT2D eigenvalue weighted by Gasteiger charge is 2.18. The summed E-state index contributed by atoms with van der Waals surface area (Å²) in [4.78, 5) is 7.00. The van der Waals surface area contributed by atoms with Crippen LogP contribution in [-0.4, -0.2) is 0 Å². The van der Waals surface area contributed by atoms with Gasteiger partial charge in [0.05, 0.1) is 0 Å². The maximum absolute atomic E-state index is 2.34. The molecule has 0 aromatic heterocycles. The number of benzene rings is 10. The summed E-state index contributed by atoms with van der Waals surface area (Å²) in [6.07, 6.45) is 0. The van der Waals surface area contributed by atoms with Gasteiger partial charge in [-0.05, 0) is 142 Å². The lowest BCUT2D eigenvalue weighted by Crippen LogP contribution is -2.13. The van der Waals surface area contributed by atoms with Crippen LogP contribution in [0.4, 0.5) is 51.2 Å². The Kier molecular flexibility index (Phi) is 9.59. The SMILES string of the molecule is c1ccc(-c2ccc(N(c3ccc(N(c4ccccc4)c4ccc5ccccc5c4)cc3)c3ccc(N(c4ccccc4)c4ccc5ccccc5c4)cc3)cc2)cc1. The van der Waals surface area contributed by atoms with E-state index in [1.165, 1.54) is 32.7 Å². The van der Waals surface area contributed by atoms with Gasteiger partial charge in [0, 0.05) is 51.2 Å². The molecule has 10 aromatic rings. The van der Waals surface area contributed by atoms with Crippen molar-refractivity contribution in [3.8, 4) is 11.1 Å². The molecule has 0 radical (unpaired) electrons. The predicted octanol–water partition coefficient (Wildman–Crippen LogP) is 16.1. The Morgan fingerprint density at radius 1 is 0.169 bits per heavy atom. The summed E-state index contributed by atoms with van der Waals surface area (Å²) < 4.78 is 0. The zero-order valence-electron chi connectivity index (χ0n) is 32.5. The van der Waals surface area contributed by atoms with E-state index < -0.39 is 0 Å². The van der Waals surface area contributed by atoms with Crippen LogP contribution in [0.3, 0.4) is 0 Å². The van der Waals surface area contributed by atoms with Crippen molar-refractivity contribution in [2.45, 2.75) is 0 Å². The van der Waals surface area contributed by atoms with Gasteiger partial charge in [-0.25, -0.2) is 0 Å². The molecular formula is C56H41N3. The quantitative estimate of drug-likeness (QED) is 0.138. The van der Waals surface area contributed by atoms with Crippen LogP contribution in [0, 0.1) is 0 Å². The van der Waals surface area contributed by atoms with Crippen LogP contribution in [0.15, 0.2) is 249 Å². The lowest BCUT2D eigenvalue weighted by Gasteiger charge is -2.29. The van der Waals surface area contributed by atoms with Gasteiger partial charge in [-0.3, -0.25) is 0 Å². The predicted molar refractivity (Wildman–Crippen MR) is 251 cm³/mol. The smallest absolute Gasteiger partial charge is 0.0468 e. The summed E-state index contributed by atoms with van der Waals surface area (Å²) in [7, 11) is 0. The largest absolute Gasteiger partial charge is 0.311 e. The van der Waals surface area contributed by atoms with E-state index in [2.05, 4.69) is 263 Å². The van der Waals surface area contributed by atoms with Crippen molar-refractivity contribution in [3.63, 3.8) is 0 Å². The number of fused-ring (bicyclic) bond motifs is 2. The summed E-state index contributed by atoms with van der Waals surface area (Å²) in [5.41, 5.74) is 12.2. The van der Waals surface area contributed by atoms with Crippen molar-refractivity contribution in [3.05, 3.63) is 249 Å². The summed E-state index contributed by atoms with van der Waals surface area (Å²) >= 11 is 0. The Labute approximate surface area is 345 Å². The summed E-state index contributed by atoms with van der Waals surface area (Å²) in [5, 5.41) is 4.87. The molecule has 280 valence electrons. The molecule has 10 aromatic carbocycles. The van der Waals surface area contributed by atoms with Gasteiger partial charge in [0.1, 0.15) is 0 Å². The van der Waals surface area contributed by atoms with Crippen LogP contribution in [0.25, 0.3) is 32.7 Å². The van der Waals surface area contributed by atoms with Crippen LogP contribution < -0.4 is 14.7 Å². The number of hydrogen-bond donors (Lipinski definition) is 0. The molecule has 0 saturated heterocycles. The van der Waals surface area contributed by atoms with Crippen LogP contribution in [0.1, 0.15) is 0 Å². The molecule has 0 unspecified atom stereocenters. The number of nitrogens with zero attached hydrogens (tertiary/aromatic N) is 3. The van der Waals surface area contributed by atoms with Gasteiger partial charge >= 0.3 is 0 Å². The van der Waals surface area contributed by atoms with Crippen molar-refractivity contribution in [1.82, 2.24) is 0 Å². The number of rotatable bonds is 10. The van der Waals surface area contributed by atoms with Gasteiger partial charge in [0.2, 0.25) is 0 Å². The Hall–Kier alpha value is -7.88. The molecule has 10 rings (SSSR count). The minimum atomic E-state index is 1.06. The molecule has 0 atom stereocenters. The van der Waals surface area contributed by atoms with E-state index in [0.717, 1.165) is 51.2 Å². The van der Waals surface area contributed by atoms with E-state index in [0.29, 0.717) is 0 Å². The van der Waals surface area contributed by atoms with Gasteiger partial charge in [-0.1, -0.05) is 140 Å². The fourth-order valence-electron chi connectivity index (χ4n) is 8.06. The molecule has 0 fully saturated rings. The Morgan fingerprint density at radius 2 is 0.424 bits per heavy atom. The first-order chi connectivity index (χ1) is 29.2. The molecule has 3 heteroatoms. The van der Waals surface area contributed by atoms with Gasteiger partial charge in [0.15, 0.2) is 0 Å². The maximum Gasteiger partial charge on any atom is 0.0468 e. The second-order valence-electron chi connectivity index (χ2n) is 14.7. The third-order valence-electron chi connectivity index (χ3n) is 11.0. The van der Waals surface area contributed by atoms with Crippen molar-refractivity contribution in [1.29, 1.82) is 0 Å². The summed E-state index contributed by atoms with van der Waals surface area (Å²) in [6.45, 7) is 0. The molecule has 59 heavy (non-hydrogen) atoms. The third kappa shape index (κ3) is 7.30. The molecule has 0 aliphatic rings. The van der Waals surface area contributed by atoms with E-state index in [-0.39, 0.29) is 0 Å². The first kappa shape index (κ1) is 35.5. The van der Waals surface area contributed by atoms with Crippen molar-refractivity contribution >= 4 is 72.7 Å². The molecule has 0 heterocycles. The van der Waals surface area contributed by atoms with Gasteiger partial charge in [0.25, 0.3) is 0 Å².